The van der Waals surface area contributed by atoms with Crippen molar-refractivity contribution in [3.8, 4) is 0 Å². The largest absolute Gasteiger partial charge is 0.443 e. The van der Waals surface area contributed by atoms with Crippen LogP contribution in [0.2, 0.25) is 0 Å². The minimum absolute atomic E-state index is 0.0549. The summed E-state index contributed by atoms with van der Waals surface area (Å²) in [5.74, 6) is 2.45. The van der Waals surface area contributed by atoms with Gasteiger partial charge in [-0.15, -0.1) is 0 Å². The first-order chi connectivity index (χ1) is 12.2. The Labute approximate surface area is 151 Å². The smallest absolute Gasteiger partial charge is 0.415 e. The summed E-state index contributed by atoms with van der Waals surface area (Å²) in [6.45, 7) is 0.474. The van der Waals surface area contributed by atoms with Gasteiger partial charge in [-0.1, -0.05) is 0 Å². The highest BCUT2D eigenvalue weighted by Crippen LogP contribution is 2.26. The van der Waals surface area contributed by atoms with Gasteiger partial charge in [0, 0.05) is 16.7 Å². The molecule has 0 saturated carbocycles. The lowest BCUT2D eigenvalue weighted by Gasteiger charge is -2.25. The summed E-state index contributed by atoms with van der Waals surface area (Å²) < 4.78 is 28.0. The number of aliphatic hydroxyl groups is 1. The molecule has 0 aliphatic rings. The lowest BCUT2D eigenvalue weighted by molar-refractivity contribution is 0.0587. The number of nitrogens with two attached hydrogens (primary N) is 1. The van der Waals surface area contributed by atoms with E-state index < -0.39 is 48.3 Å². The molecular formula is C14H19BrN4O5. The van der Waals surface area contributed by atoms with E-state index in [0.29, 0.717) is 0 Å². The van der Waals surface area contributed by atoms with E-state index in [9.17, 15) is 14.4 Å². The number of Topliss-reactive ketones (excluding diaryl/α,β-unsaturated/α-hetero) is 1. The van der Waals surface area contributed by atoms with Gasteiger partial charge in [0.2, 0.25) is 0 Å². The van der Waals surface area contributed by atoms with Crippen LogP contribution in [-0.4, -0.2) is 47.1 Å². The lowest BCUT2D eigenvalue weighted by Crippen LogP contribution is -2.38. The second-order valence-corrected chi connectivity index (χ2v) is 6.37. The van der Waals surface area contributed by atoms with Crippen molar-refractivity contribution in [1.29, 1.82) is 0 Å². The number of pyridine rings is 1. The number of nitrogens with one attached hydrogen (secondary N) is 1. The van der Waals surface area contributed by atoms with E-state index in [2.05, 4.69) is 20.9 Å². The number of anilines is 1. The number of hydrogen-bond acceptors (Lipinski definition) is 7. The predicted molar refractivity (Wildman–Crippen MR) is 89.6 cm³/mol. The number of carbonyl (C=O) groups is 3. The Hall–Kier alpha value is -2.04. The van der Waals surface area contributed by atoms with Gasteiger partial charge < -0.3 is 9.84 Å². The van der Waals surface area contributed by atoms with E-state index in [1.54, 1.807) is 5.43 Å². The molecule has 0 saturated heterocycles. The minimum Gasteiger partial charge on any atom is -0.443 e. The first kappa shape index (κ1) is 15.5. The first-order valence-corrected chi connectivity index (χ1v) is 7.41. The molecule has 0 unspecified atom stereocenters. The van der Waals surface area contributed by atoms with Crippen molar-refractivity contribution in [2.24, 2.45) is 5.84 Å². The highest BCUT2D eigenvalue weighted by molar-refractivity contribution is 9.10. The van der Waals surface area contributed by atoms with Crippen LogP contribution in [0.25, 0.3) is 0 Å². The van der Waals surface area contributed by atoms with E-state index in [1.165, 1.54) is 20.8 Å². The Kier molecular flexibility index (Phi) is 4.96. The fourth-order valence-corrected chi connectivity index (χ4v) is 2.05. The Morgan fingerprint density at radius 2 is 2.12 bits per heavy atom. The van der Waals surface area contributed by atoms with Crippen molar-refractivity contribution in [1.82, 2.24) is 10.4 Å². The number of carbonyl (C=O) groups excluding carboxylic acids is 3. The van der Waals surface area contributed by atoms with Crippen LogP contribution >= 0.6 is 15.9 Å². The molecule has 0 aliphatic heterocycles. The van der Waals surface area contributed by atoms with Gasteiger partial charge in [0.15, 0.2) is 11.6 Å². The van der Waals surface area contributed by atoms with Gasteiger partial charge in [-0.25, -0.2) is 15.6 Å². The molecule has 10 heteroatoms. The third kappa shape index (κ3) is 4.73. The Bertz CT molecular complexity index is 764. The van der Waals surface area contributed by atoms with E-state index in [0.717, 1.165) is 6.07 Å². The number of aliphatic hydroxyl groups excluding tert-OH is 1. The second-order valence-electron chi connectivity index (χ2n) is 5.56. The van der Waals surface area contributed by atoms with Crippen LogP contribution in [0.15, 0.2) is 10.7 Å². The summed E-state index contributed by atoms with van der Waals surface area (Å²) in [5.41, 5.74) is -0.261. The van der Waals surface area contributed by atoms with Gasteiger partial charge in [-0.2, -0.15) is 0 Å². The highest BCUT2D eigenvalue weighted by Gasteiger charge is 2.29. The number of nitrogens with zero attached hydrogens (tertiary/aromatic N) is 2. The Morgan fingerprint density at radius 3 is 2.58 bits per heavy atom. The molecular weight excluding hydrogens is 384 g/mol. The van der Waals surface area contributed by atoms with E-state index >= 15 is 0 Å². The molecule has 0 spiro atoms. The van der Waals surface area contributed by atoms with Gasteiger partial charge in [-0.3, -0.25) is 19.9 Å². The van der Waals surface area contributed by atoms with Crippen LogP contribution in [0, 0.1) is 0 Å². The molecule has 1 heterocycles. The number of aromatic nitrogens is 1. The van der Waals surface area contributed by atoms with Gasteiger partial charge in [0.25, 0.3) is 5.91 Å². The molecule has 4 N–H and O–H groups in total. The molecule has 1 aromatic rings. The molecule has 0 aromatic carbocycles. The van der Waals surface area contributed by atoms with Crippen LogP contribution in [0.4, 0.5) is 10.6 Å². The molecule has 0 aliphatic carbocycles. The van der Waals surface area contributed by atoms with Gasteiger partial charge in [0.05, 0.1) is 5.56 Å². The Morgan fingerprint density at radius 1 is 1.50 bits per heavy atom. The highest BCUT2D eigenvalue weighted by atomic mass is 79.9. The second kappa shape index (κ2) is 7.69. The minimum atomic E-state index is -3.11. The van der Waals surface area contributed by atoms with Crippen molar-refractivity contribution in [3.05, 3.63) is 21.8 Å². The lowest BCUT2D eigenvalue weighted by atomic mass is 10.0. The zero-order valence-corrected chi connectivity index (χ0v) is 14.8. The average molecular weight is 406 g/mol. The Balaban J connectivity index is 3.81. The maximum atomic E-state index is 12.5. The van der Waals surface area contributed by atoms with E-state index in [-0.39, 0.29) is 15.1 Å². The number of ether oxygens (including phenoxy) is 1. The van der Waals surface area contributed by atoms with Crippen LogP contribution in [0.3, 0.4) is 0 Å². The summed E-state index contributed by atoms with van der Waals surface area (Å²) in [5, 5.41) is 9.14. The standard InChI is InChI=1S/C14H19BrN4O5/c1-14(2,3)24-13(23)19(4)11-10(12(22)18-16)7(8(21)6-20)5-9(15)17-11/h5,20H,6,16H2,1-4H3,(H,18,22)/i4D3. The predicted octanol–water partition coefficient (Wildman–Crippen LogP) is 0.994. The number of nitrogen functional groups attached to an aromatic ring is 1. The van der Waals surface area contributed by atoms with Crippen molar-refractivity contribution >= 4 is 39.5 Å². The van der Waals surface area contributed by atoms with Crippen LogP contribution in [0.1, 0.15) is 45.6 Å². The maximum absolute atomic E-state index is 12.5. The van der Waals surface area contributed by atoms with Gasteiger partial charge in [-0.05, 0) is 42.8 Å². The van der Waals surface area contributed by atoms with Crippen molar-refractivity contribution < 1.29 is 28.3 Å². The molecule has 0 bridgehead atoms. The third-order valence-electron chi connectivity index (χ3n) is 2.56. The van der Waals surface area contributed by atoms with Crippen molar-refractivity contribution in [2.75, 3.05) is 18.5 Å². The molecule has 0 fully saturated rings. The fraction of sp³-hybridized carbons (Fsp3) is 0.429. The third-order valence-corrected chi connectivity index (χ3v) is 2.97. The average Bonchev–Trinajstić information content (AvgIpc) is 2.49. The molecule has 2 amide bonds. The fourth-order valence-electron chi connectivity index (χ4n) is 1.66. The number of ketones is 1. The number of hydrogen-bond donors (Lipinski definition) is 3. The van der Waals surface area contributed by atoms with Gasteiger partial charge in [0.1, 0.15) is 16.8 Å². The van der Waals surface area contributed by atoms with Crippen LogP contribution in [-0.2, 0) is 4.74 Å². The topological polar surface area (TPSA) is 135 Å². The number of halogens is 1. The first-order valence-electron chi connectivity index (χ1n) is 8.11. The number of hydrazine groups is 1. The van der Waals surface area contributed by atoms with Crippen LogP contribution in [0.5, 0.6) is 0 Å². The molecule has 0 atom stereocenters. The number of amides is 2. The molecule has 1 rings (SSSR count). The van der Waals surface area contributed by atoms with Gasteiger partial charge >= 0.3 is 6.09 Å². The quantitative estimate of drug-likeness (QED) is 0.223. The summed E-state index contributed by atoms with van der Waals surface area (Å²) in [6, 6.07) is 1.10. The SMILES string of the molecule is [2H]C([2H])([2H])N(C(=O)OC(C)(C)C)c1nc(Br)cc(C(=O)CO)c1C(=O)NN. The van der Waals surface area contributed by atoms with E-state index in [1.807, 2.05) is 0 Å². The zero-order chi connectivity index (χ0) is 21.2. The van der Waals surface area contributed by atoms with Crippen molar-refractivity contribution in [3.63, 3.8) is 0 Å². The summed E-state index contributed by atoms with van der Waals surface area (Å²) in [4.78, 5) is 40.8. The molecule has 0 radical (unpaired) electrons. The monoisotopic (exact) mass is 405 g/mol. The summed E-state index contributed by atoms with van der Waals surface area (Å²) >= 11 is 2.99. The van der Waals surface area contributed by atoms with E-state index in [4.69, 9.17) is 19.8 Å². The molecule has 132 valence electrons. The number of rotatable bonds is 4. The normalized spacial score (nSPS) is 13.3. The summed E-state index contributed by atoms with van der Waals surface area (Å²) in [6.07, 6.45) is -1.32. The zero-order valence-electron chi connectivity index (χ0n) is 16.2. The molecule has 1 aromatic heterocycles. The summed E-state index contributed by atoms with van der Waals surface area (Å²) in [7, 11) is 0. The molecule has 24 heavy (non-hydrogen) atoms. The van der Waals surface area contributed by atoms with Crippen molar-refractivity contribution in [2.45, 2.75) is 26.4 Å². The maximum Gasteiger partial charge on any atom is 0.415 e. The molecule has 9 nitrogen and oxygen atoms in total. The van der Waals surface area contributed by atoms with Crippen LogP contribution < -0.4 is 16.2 Å².